The number of hydrogen-bond donors (Lipinski definition) is 2. The lowest BCUT2D eigenvalue weighted by Gasteiger charge is -2.27. The van der Waals surface area contributed by atoms with Crippen molar-refractivity contribution in [2.75, 3.05) is 0 Å². The van der Waals surface area contributed by atoms with Gasteiger partial charge < -0.3 is 11.1 Å². The highest BCUT2D eigenvalue weighted by Crippen LogP contribution is 2.24. The number of nitriles is 1. The number of halogens is 1. The molecule has 0 atom stereocenters. The Morgan fingerprint density at radius 2 is 2.10 bits per heavy atom. The summed E-state index contributed by atoms with van der Waals surface area (Å²) in [4.78, 5) is 11.1. The van der Waals surface area contributed by atoms with E-state index >= 15 is 0 Å². The minimum Gasteiger partial charge on any atom is -0.369 e. The van der Waals surface area contributed by atoms with Crippen molar-refractivity contribution in [1.82, 2.24) is 5.32 Å². The van der Waals surface area contributed by atoms with Crippen molar-refractivity contribution in [3.8, 4) is 6.07 Å². The molecule has 3 N–H and O–H groups in total. The van der Waals surface area contributed by atoms with Crippen molar-refractivity contribution in [3.05, 3.63) is 35.1 Å². The van der Waals surface area contributed by atoms with Gasteiger partial charge in [0.2, 0.25) is 5.91 Å². The van der Waals surface area contributed by atoms with Crippen LogP contribution in [0.15, 0.2) is 18.2 Å². The summed E-state index contributed by atoms with van der Waals surface area (Å²) in [7, 11) is 0. The van der Waals surface area contributed by atoms with Crippen LogP contribution in [0, 0.1) is 23.1 Å². The second kappa shape index (κ2) is 6.49. The number of carbonyl (C=O) groups excluding carboxylic acids is 1. The van der Waals surface area contributed by atoms with Crippen molar-refractivity contribution >= 4 is 5.91 Å². The van der Waals surface area contributed by atoms with Crippen molar-refractivity contribution in [1.29, 1.82) is 5.26 Å². The smallest absolute Gasteiger partial charge is 0.220 e. The Morgan fingerprint density at radius 3 is 2.70 bits per heavy atom. The number of rotatable bonds is 4. The van der Waals surface area contributed by atoms with Crippen LogP contribution in [0.4, 0.5) is 4.39 Å². The number of primary amides is 1. The van der Waals surface area contributed by atoms with E-state index in [1.54, 1.807) is 12.1 Å². The molecule has 1 aromatic rings. The van der Waals surface area contributed by atoms with E-state index in [0.717, 1.165) is 25.7 Å². The fraction of sp³-hybridized carbons (Fsp3) is 0.467. The molecule has 2 rings (SSSR count). The van der Waals surface area contributed by atoms with Crippen molar-refractivity contribution in [2.45, 2.75) is 38.3 Å². The predicted molar refractivity (Wildman–Crippen MR) is 72.9 cm³/mol. The maximum absolute atomic E-state index is 13.9. The molecule has 1 aliphatic rings. The van der Waals surface area contributed by atoms with Gasteiger partial charge in [-0.05, 0) is 31.7 Å². The van der Waals surface area contributed by atoms with Crippen LogP contribution in [0.5, 0.6) is 0 Å². The minimum absolute atomic E-state index is 0.0216. The van der Waals surface area contributed by atoms with Gasteiger partial charge in [0.1, 0.15) is 11.9 Å². The number of nitrogens with two attached hydrogens (primary N) is 1. The molecule has 4 nitrogen and oxygen atoms in total. The van der Waals surface area contributed by atoms with E-state index < -0.39 is 5.82 Å². The van der Waals surface area contributed by atoms with Crippen LogP contribution in [-0.4, -0.2) is 11.9 Å². The third-order valence-corrected chi connectivity index (χ3v) is 3.91. The number of amides is 1. The fourth-order valence-electron chi connectivity index (χ4n) is 2.64. The van der Waals surface area contributed by atoms with Gasteiger partial charge in [-0.3, -0.25) is 4.79 Å². The maximum Gasteiger partial charge on any atom is 0.220 e. The molecule has 1 fully saturated rings. The second-order valence-electron chi connectivity index (χ2n) is 5.22. The van der Waals surface area contributed by atoms with E-state index in [1.165, 1.54) is 6.07 Å². The molecular formula is C15H18FN3O. The maximum atomic E-state index is 13.9. The summed E-state index contributed by atoms with van der Waals surface area (Å²) in [5, 5.41) is 12.1. The van der Waals surface area contributed by atoms with Gasteiger partial charge in [-0.2, -0.15) is 5.26 Å². The van der Waals surface area contributed by atoms with Crippen molar-refractivity contribution in [3.63, 3.8) is 0 Å². The Bertz CT molecular complexity index is 530. The van der Waals surface area contributed by atoms with E-state index in [4.69, 9.17) is 11.0 Å². The average molecular weight is 275 g/mol. The largest absolute Gasteiger partial charge is 0.369 e. The Morgan fingerprint density at radius 1 is 1.40 bits per heavy atom. The SMILES string of the molecule is N#Cc1cccc(CNC2CCC(C(N)=O)CC2)c1F. The molecule has 1 aromatic carbocycles. The molecule has 1 aliphatic carbocycles. The molecule has 0 saturated heterocycles. The van der Waals surface area contributed by atoms with E-state index in [9.17, 15) is 9.18 Å². The van der Waals surface area contributed by atoms with Crippen LogP contribution in [0.2, 0.25) is 0 Å². The zero-order chi connectivity index (χ0) is 14.5. The predicted octanol–water partition coefficient (Wildman–Crippen LogP) is 1.83. The Hall–Kier alpha value is -1.93. The molecule has 20 heavy (non-hydrogen) atoms. The molecule has 1 amide bonds. The summed E-state index contributed by atoms with van der Waals surface area (Å²) < 4.78 is 13.9. The van der Waals surface area contributed by atoms with Crippen LogP contribution < -0.4 is 11.1 Å². The standard InChI is InChI=1S/C15H18FN3O/c16-14-11(8-17)2-1-3-12(14)9-19-13-6-4-10(5-7-13)15(18)20/h1-3,10,13,19H,4-7,9H2,(H2,18,20). The molecule has 0 radical (unpaired) electrons. The van der Waals surface area contributed by atoms with Gasteiger partial charge in [0.25, 0.3) is 0 Å². The highest BCUT2D eigenvalue weighted by molar-refractivity contribution is 5.76. The summed E-state index contributed by atoms with van der Waals surface area (Å²) >= 11 is 0. The molecule has 0 heterocycles. The highest BCUT2D eigenvalue weighted by Gasteiger charge is 2.24. The van der Waals surface area contributed by atoms with Crippen LogP contribution in [0.3, 0.4) is 0 Å². The number of carbonyl (C=O) groups is 1. The Balaban J connectivity index is 1.88. The summed E-state index contributed by atoms with van der Waals surface area (Å²) in [5.41, 5.74) is 5.86. The van der Waals surface area contributed by atoms with Crippen molar-refractivity contribution < 1.29 is 9.18 Å². The van der Waals surface area contributed by atoms with Gasteiger partial charge in [-0.25, -0.2) is 4.39 Å². The molecule has 106 valence electrons. The Kier molecular flexibility index (Phi) is 4.70. The molecular weight excluding hydrogens is 257 g/mol. The average Bonchev–Trinajstić information content (AvgIpc) is 2.46. The minimum atomic E-state index is -0.451. The number of nitrogens with zero attached hydrogens (tertiary/aromatic N) is 1. The summed E-state index contributed by atoms with van der Waals surface area (Å²) in [6, 6.07) is 6.94. The molecule has 5 heteroatoms. The molecule has 1 saturated carbocycles. The van der Waals surface area contributed by atoms with Crippen LogP contribution >= 0.6 is 0 Å². The quantitative estimate of drug-likeness (QED) is 0.880. The van der Waals surface area contributed by atoms with E-state index in [2.05, 4.69) is 5.32 Å². The van der Waals surface area contributed by atoms with E-state index in [0.29, 0.717) is 12.1 Å². The number of nitrogens with one attached hydrogen (secondary N) is 1. The topological polar surface area (TPSA) is 78.9 Å². The normalized spacial score (nSPS) is 22.2. The number of hydrogen-bond acceptors (Lipinski definition) is 3. The lowest BCUT2D eigenvalue weighted by molar-refractivity contribution is -0.122. The summed E-state index contributed by atoms with van der Waals surface area (Å²) in [6.07, 6.45) is 3.31. The summed E-state index contributed by atoms with van der Waals surface area (Å²) in [6.45, 7) is 0.396. The molecule has 0 aromatic heterocycles. The zero-order valence-electron chi connectivity index (χ0n) is 11.2. The van der Waals surface area contributed by atoms with Gasteiger partial charge >= 0.3 is 0 Å². The lowest BCUT2D eigenvalue weighted by Crippen LogP contribution is -2.36. The van der Waals surface area contributed by atoms with E-state index in [-0.39, 0.29) is 23.4 Å². The van der Waals surface area contributed by atoms with Crippen molar-refractivity contribution in [2.24, 2.45) is 11.7 Å². The third-order valence-electron chi connectivity index (χ3n) is 3.91. The van der Waals surface area contributed by atoms with Crippen LogP contribution in [-0.2, 0) is 11.3 Å². The lowest BCUT2D eigenvalue weighted by atomic mass is 9.85. The first-order chi connectivity index (χ1) is 9.61. The fourth-order valence-corrected chi connectivity index (χ4v) is 2.64. The third kappa shape index (κ3) is 3.34. The first kappa shape index (κ1) is 14.5. The van der Waals surface area contributed by atoms with Crippen LogP contribution in [0.1, 0.15) is 36.8 Å². The molecule has 0 bridgehead atoms. The molecule has 0 spiro atoms. The highest BCUT2D eigenvalue weighted by atomic mass is 19.1. The van der Waals surface area contributed by atoms with E-state index in [1.807, 2.05) is 6.07 Å². The van der Waals surface area contributed by atoms with Gasteiger partial charge in [-0.1, -0.05) is 12.1 Å². The molecule has 0 unspecified atom stereocenters. The van der Waals surface area contributed by atoms with Gasteiger partial charge in [0.05, 0.1) is 5.56 Å². The Labute approximate surface area is 117 Å². The number of benzene rings is 1. The first-order valence-corrected chi connectivity index (χ1v) is 6.82. The first-order valence-electron chi connectivity index (χ1n) is 6.82. The second-order valence-corrected chi connectivity index (χ2v) is 5.22. The van der Waals surface area contributed by atoms with Gasteiger partial charge in [-0.15, -0.1) is 0 Å². The summed E-state index contributed by atoms with van der Waals surface area (Å²) in [5.74, 6) is -0.698. The van der Waals surface area contributed by atoms with Gasteiger partial charge in [0, 0.05) is 24.1 Å². The molecule has 0 aliphatic heterocycles. The van der Waals surface area contributed by atoms with Gasteiger partial charge in [0.15, 0.2) is 0 Å². The zero-order valence-corrected chi connectivity index (χ0v) is 11.2. The van der Waals surface area contributed by atoms with Crippen LogP contribution in [0.25, 0.3) is 0 Å². The monoisotopic (exact) mass is 275 g/mol.